The van der Waals surface area contributed by atoms with E-state index in [9.17, 15) is 9.59 Å². The van der Waals surface area contributed by atoms with Crippen LogP contribution in [-0.4, -0.2) is 11.8 Å². The summed E-state index contributed by atoms with van der Waals surface area (Å²) < 4.78 is 5.65. The minimum atomic E-state index is -0.975. The molecule has 0 fully saturated rings. The number of hydrogen-bond acceptors (Lipinski definition) is 4. The highest BCUT2D eigenvalue weighted by Gasteiger charge is 2.23. The van der Waals surface area contributed by atoms with Gasteiger partial charge in [-0.25, -0.2) is 5.84 Å². The number of carbonyl (C=O) groups excluding carboxylic acids is 2. The standard InChI is InChI=1S/C15H15N3O3/c16-14(19)11-8-4-5-9-12(11)21-13(15(20)18-17)10-6-2-1-3-7-10/h1-9,13H,17H2,(H2,16,19)(H,18,20). The van der Waals surface area contributed by atoms with Crippen molar-refractivity contribution in [2.45, 2.75) is 6.10 Å². The van der Waals surface area contributed by atoms with Gasteiger partial charge < -0.3 is 10.5 Å². The van der Waals surface area contributed by atoms with E-state index in [1.54, 1.807) is 42.5 Å². The third-order valence-corrected chi connectivity index (χ3v) is 2.88. The number of benzene rings is 2. The number of primary amides is 1. The largest absolute Gasteiger partial charge is 0.475 e. The fourth-order valence-corrected chi connectivity index (χ4v) is 1.88. The molecule has 0 aliphatic rings. The van der Waals surface area contributed by atoms with Gasteiger partial charge in [0, 0.05) is 5.56 Å². The summed E-state index contributed by atoms with van der Waals surface area (Å²) in [5.74, 6) is 4.25. The maximum absolute atomic E-state index is 11.9. The zero-order chi connectivity index (χ0) is 15.2. The maximum atomic E-state index is 11.9. The van der Waals surface area contributed by atoms with Crippen molar-refractivity contribution in [3.8, 4) is 5.75 Å². The van der Waals surface area contributed by atoms with Crippen LogP contribution in [0, 0.1) is 0 Å². The van der Waals surface area contributed by atoms with Gasteiger partial charge in [0.1, 0.15) is 5.75 Å². The summed E-state index contributed by atoms with van der Waals surface area (Å²) in [6.45, 7) is 0. The van der Waals surface area contributed by atoms with Crippen LogP contribution in [-0.2, 0) is 4.79 Å². The number of nitrogens with one attached hydrogen (secondary N) is 1. The van der Waals surface area contributed by atoms with E-state index in [1.807, 2.05) is 6.07 Å². The SMILES string of the molecule is NNC(=O)C(Oc1ccccc1C(N)=O)c1ccccc1. The lowest BCUT2D eigenvalue weighted by atomic mass is 10.1. The van der Waals surface area contributed by atoms with Crippen molar-refractivity contribution in [3.05, 3.63) is 65.7 Å². The van der Waals surface area contributed by atoms with E-state index < -0.39 is 17.9 Å². The first-order chi connectivity index (χ1) is 10.1. The molecule has 0 saturated carbocycles. The summed E-state index contributed by atoms with van der Waals surface area (Å²) in [6.07, 6.45) is -0.975. The van der Waals surface area contributed by atoms with Crippen LogP contribution in [0.5, 0.6) is 5.75 Å². The van der Waals surface area contributed by atoms with Gasteiger partial charge in [-0.05, 0) is 12.1 Å². The van der Waals surface area contributed by atoms with Crippen molar-refractivity contribution in [2.75, 3.05) is 0 Å². The van der Waals surface area contributed by atoms with Gasteiger partial charge in [-0.1, -0.05) is 42.5 Å². The fraction of sp³-hybridized carbons (Fsp3) is 0.0667. The molecule has 0 bridgehead atoms. The molecule has 0 aliphatic carbocycles. The normalized spacial score (nSPS) is 11.5. The second-order valence-electron chi connectivity index (χ2n) is 4.28. The van der Waals surface area contributed by atoms with Crippen LogP contribution >= 0.6 is 0 Å². The molecule has 0 aliphatic heterocycles. The summed E-state index contributed by atoms with van der Waals surface area (Å²) in [5, 5.41) is 0. The molecule has 2 amide bonds. The molecule has 108 valence electrons. The first-order valence-corrected chi connectivity index (χ1v) is 6.24. The molecular weight excluding hydrogens is 270 g/mol. The lowest BCUT2D eigenvalue weighted by Crippen LogP contribution is -2.37. The molecule has 6 nitrogen and oxygen atoms in total. The minimum Gasteiger partial charge on any atom is -0.475 e. The molecule has 5 N–H and O–H groups in total. The van der Waals surface area contributed by atoms with E-state index in [4.69, 9.17) is 16.3 Å². The number of rotatable bonds is 5. The first-order valence-electron chi connectivity index (χ1n) is 6.24. The van der Waals surface area contributed by atoms with Crippen molar-refractivity contribution in [2.24, 2.45) is 11.6 Å². The summed E-state index contributed by atoms with van der Waals surface area (Å²) in [6, 6.07) is 15.3. The second-order valence-corrected chi connectivity index (χ2v) is 4.28. The van der Waals surface area contributed by atoms with Crippen LogP contribution in [0.3, 0.4) is 0 Å². The van der Waals surface area contributed by atoms with Crippen LogP contribution in [0.15, 0.2) is 54.6 Å². The molecule has 2 aromatic rings. The minimum absolute atomic E-state index is 0.197. The van der Waals surface area contributed by atoms with E-state index in [0.29, 0.717) is 5.56 Å². The van der Waals surface area contributed by atoms with Gasteiger partial charge in [-0.2, -0.15) is 0 Å². The van der Waals surface area contributed by atoms with Gasteiger partial charge in [-0.3, -0.25) is 15.0 Å². The first kappa shape index (κ1) is 14.5. The molecular formula is C15H15N3O3. The van der Waals surface area contributed by atoms with Crippen molar-refractivity contribution in [1.82, 2.24) is 5.43 Å². The van der Waals surface area contributed by atoms with E-state index in [-0.39, 0.29) is 11.3 Å². The topological polar surface area (TPSA) is 107 Å². The summed E-state index contributed by atoms with van der Waals surface area (Å²) in [5.41, 5.74) is 8.15. The molecule has 2 aromatic carbocycles. The van der Waals surface area contributed by atoms with Gasteiger partial charge in [0.2, 0.25) is 6.10 Å². The van der Waals surface area contributed by atoms with Gasteiger partial charge in [-0.15, -0.1) is 0 Å². The van der Waals surface area contributed by atoms with Gasteiger partial charge in [0.15, 0.2) is 0 Å². The van der Waals surface area contributed by atoms with E-state index in [2.05, 4.69) is 5.43 Å². The van der Waals surface area contributed by atoms with Gasteiger partial charge in [0.25, 0.3) is 11.8 Å². The Kier molecular flexibility index (Phi) is 4.53. The molecule has 0 aromatic heterocycles. The molecule has 1 atom stereocenters. The lowest BCUT2D eigenvalue weighted by Gasteiger charge is -2.19. The molecule has 6 heteroatoms. The van der Waals surface area contributed by atoms with Crippen LogP contribution in [0.25, 0.3) is 0 Å². The monoisotopic (exact) mass is 285 g/mol. The molecule has 21 heavy (non-hydrogen) atoms. The fourth-order valence-electron chi connectivity index (χ4n) is 1.88. The third kappa shape index (κ3) is 3.37. The Morgan fingerprint density at radius 3 is 2.24 bits per heavy atom. The highest BCUT2D eigenvalue weighted by atomic mass is 16.5. The van der Waals surface area contributed by atoms with Crippen LogP contribution < -0.4 is 21.7 Å². The molecule has 0 spiro atoms. The van der Waals surface area contributed by atoms with Crippen LogP contribution in [0.1, 0.15) is 22.0 Å². The summed E-state index contributed by atoms with van der Waals surface area (Å²) in [7, 11) is 0. The Hall–Kier alpha value is -2.86. The molecule has 0 radical (unpaired) electrons. The maximum Gasteiger partial charge on any atom is 0.279 e. The zero-order valence-corrected chi connectivity index (χ0v) is 11.2. The van der Waals surface area contributed by atoms with Gasteiger partial charge in [0.05, 0.1) is 5.56 Å². The molecule has 1 unspecified atom stereocenters. The molecule has 0 heterocycles. The third-order valence-electron chi connectivity index (χ3n) is 2.88. The highest BCUT2D eigenvalue weighted by molar-refractivity contribution is 5.95. The number of hydrazine groups is 1. The van der Waals surface area contributed by atoms with E-state index in [1.165, 1.54) is 6.07 Å². The average molecular weight is 285 g/mol. The highest BCUT2D eigenvalue weighted by Crippen LogP contribution is 2.25. The number of amides is 2. The van der Waals surface area contributed by atoms with Crippen LogP contribution in [0.4, 0.5) is 0 Å². The summed E-state index contributed by atoms with van der Waals surface area (Å²) >= 11 is 0. The predicted molar refractivity (Wildman–Crippen MR) is 77.1 cm³/mol. The number of carbonyl (C=O) groups is 2. The second kappa shape index (κ2) is 6.53. The van der Waals surface area contributed by atoms with Crippen LogP contribution in [0.2, 0.25) is 0 Å². The Labute approximate surface area is 121 Å². The Morgan fingerprint density at radius 2 is 1.62 bits per heavy atom. The Balaban J connectivity index is 2.37. The quantitative estimate of drug-likeness (QED) is 0.431. The number of hydrogen-bond donors (Lipinski definition) is 3. The molecule has 0 saturated heterocycles. The van der Waals surface area contributed by atoms with Crippen molar-refractivity contribution in [1.29, 1.82) is 0 Å². The lowest BCUT2D eigenvalue weighted by molar-refractivity contribution is -0.128. The number of nitrogens with two attached hydrogens (primary N) is 2. The zero-order valence-electron chi connectivity index (χ0n) is 11.2. The van der Waals surface area contributed by atoms with Gasteiger partial charge >= 0.3 is 0 Å². The van der Waals surface area contributed by atoms with E-state index >= 15 is 0 Å². The predicted octanol–water partition coefficient (Wildman–Crippen LogP) is 0.895. The van der Waals surface area contributed by atoms with Crippen molar-refractivity contribution >= 4 is 11.8 Å². The number of para-hydroxylation sites is 1. The van der Waals surface area contributed by atoms with E-state index in [0.717, 1.165) is 0 Å². The number of ether oxygens (including phenoxy) is 1. The Morgan fingerprint density at radius 1 is 1.00 bits per heavy atom. The Bertz CT molecular complexity index is 644. The van der Waals surface area contributed by atoms with Crippen molar-refractivity contribution in [3.63, 3.8) is 0 Å². The average Bonchev–Trinajstić information content (AvgIpc) is 2.53. The smallest absolute Gasteiger partial charge is 0.279 e. The van der Waals surface area contributed by atoms with Crippen molar-refractivity contribution < 1.29 is 14.3 Å². The molecule has 2 rings (SSSR count). The summed E-state index contributed by atoms with van der Waals surface area (Å²) in [4.78, 5) is 23.3.